The molecule has 86 valence electrons. The Balaban J connectivity index is 2.12. The van der Waals surface area contributed by atoms with Gasteiger partial charge in [-0.1, -0.05) is 0 Å². The van der Waals surface area contributed by atoms with E-state index in [0.29, 0.717) is 0 Å². The molecule has 1 aliphatic heterocycles. The van der Waals surface area contributed by atoms with Crippen molar-refractivity contribution in [3.8, 4) is 0 Å². The van der Waals surface area contributed by atoms with Crippen molar-refractivity contribution in [3.63, 3.8) is 0 Å². The Labute approximate surface area is 88.0 Å². The molecule has 2 N–H and O–H groups in total. The Morgan fingerprint density at radius 2 is 2.00 bits per heavy atom. The lowest BCUT2D eigenvalue weighted by molar-refractivity contribution is -0.196. The third-order valence-electron chi connectivity index (χ3n) is 3.25. The maximum Gasteiger partial charge on any atom is 0.312 e. The molecule has 0 spiro atoms. The van der Waals surface area contributed by atoms with Crippen LogP contribution in [-0.2, 0) is 14.3 Å². The first-order valence-electron chi connectivity index (χ1n) is 5.09. The molecular weight excluding hydrogens is 200 g/mol. The van der Waals surface area contributed by atoms with Crippen LogP contribution in [-0.4, -0.2) is 40.8 Å². The molecule has 2 aliphatic rings. The number of ether oxygens (including phenoxy) is 2. The summed E-state index contributed by atoms with van der Waals surface area (Å²) < 4.78 is 10.9. The third kappa shape index (κ3) is 1.64. The zero-order valence-corrected chi connectivity index (χ0v) is 8.90. The molecule has 1 unspecified atom stereocenters. The Kier molecular flexibility index (Phi) is 2.29. The molecule has 0 bridgehead atoms. The largest absolute Gasteiger partial charge is 0.481 e. The minimum atomic E-state index is -0.951. The van der Waals surface area contributed by atoms with Gasteiger partial charge in [0, 0.05) is 0 Å². The van der Waals surface area contributed by atoms with Gasteiger partial charge < -0.3 is 19.7 Å². The highest BCUT2D eigenvalue weighted by molar-refractivity contribution is 5.77. The first-order valence-corrected chi connectivity index (χ1v) is 5.09. The van der Waals surface area contributed by atoms with Crippen LogP contribution in [0.25, 0.3) is 0 Å². The van der Waals surface area contributed by atoms with Gasteiger partial charge in [-0.05, 0) is 26.7 Å². The van der Waals surface area contributed by atoms with Gasteiger partial charge in [0.05, 0.1) is 12.7 Å². The van der Waals surface area contributed by atoms with Gasteiger partial charge in [0.2, 0.25) is 0 Å². The van der Waals surface area contributed by atoms with Crippen LogP contribution in [0.4, 0.5) is 0 Å². The van der Waals surface area contributed by atoms with Crippen LogP contribution in [0, 0.1) is 5.41 Å². The number of carbonyl (C=O) groups is 1. The second-order valence-electron chi connectivity index (χ2n) is 4.84. The number of rotatable bonds is 2. The van der Waals surface area contributed by atoms with E-state index >= 15 is 0 Å². The molecule has 1 heterocycles. The van der Waals surface area contributed by atoms with Crippen molar-refractivity contribution in [1.82, 2.24) is 0 Å². The van der Waals surface area contributed by atoms with E-state index in [1.807, 2.05) is 0 Å². The van der Waals surface area contributed by atoms with Gasteiger partial charge in [0.1, 0.15) is 11.5 Å². The van der Waals surface area contributed by atoms with E-state index in [1.54, 1.807) is 13.8 Å². The zero-order chi connectivity index (χ0) is 11.3. The summed E-state index contributed by atoms with van der Waals surface area (Å²) in [6, 6.07) is 0. The molecule has 1 atom stereocenters. The van der Waals surface area contributed by atoms with E-state index in [4.69, 9.17) is 9.47 Å². The predicted octanol–water partition coefficient (Wildman–Crippen LogP) is 0.364. The lowest BCUT2D eigenvalue weighted by Gasteiger charge is -2.44. The summed E-state index contributed by atoms with van der Waals surface area (Å²) in [5, 5.41) is 18.4. The van der Waals surface area contributed by atoms with Gasteiger partial charge in [-0.25, -0.2) is 0 Å². The first kappa shape index (κ1) is 10.9. The standard InChI is InChI=1S/C10H16O5/c1-9(2)14-5-7(15-9)10(8(12)13)3-6(11)4-10/h6-7,11H,3-5H2,1-2H3,(H,12,13). The van der Waals surface area contributed by atoms with Crippen LogP contribution < -0.4 is 0 Å². The molecule has 15 heavy (non-hydrogen) atoms. The molecule has 2 fully saturated rings. The third-order valence-corrected chi connectivity index (χ3v) is 3.25. The van der Waals surface area contributed by atoms with Gasteiger partial charge in [-0.15, -0.1) is 0 Å². The normalized spacial score (nSPS) is 43.7. The molecule has 0 amide bonds. The Morgan fingerprint density at radius 1 is 1.40 bits per heavy atom. The molecule has 0 radical (unpaired) electrons. The monoisotopic (exact) mass is 216 g/mol. The Morgan fingerprint density at radius 3 is 2.33 bits per heavy atom. The fourth-order valence-electron chi connectivity index (χ4n) is 2.32. The highest BCUT2D eigenvalue weighted by Gasteiger charge is 2.59. The average Bonchev–Trinajstić information content (AvgIpc) is 2.39. The molecule has 0 aromatic rings. The first-order chi connectivity index (χ1) is 6.86. The molecule has 0 aromatic heterocycles. The summed E-state index contributed by atoms with van der Waals surface area (Å²) in [6.07, 6.45) is -0.458. The van der Waals surface area contributed by atoms with Crippen LogP contribution in [0.2, 0.25) is 0 Å². The van der Waals surface area contributed by atoms with Crippen LogP contribution in [0.15, 0.2) is 0 Å². The second-order valence-corrected chi connectivity index (χ2v) is 4.84. The Hall–Kier alpha value is -0.650. The van der Waals surface area contributed by atoms with Crippen molar-refractivity contribution in [3.05, 3.63) is 0 Å². The molecular formula is C10H16O5. The molecule has 0 aromatic carbocycles. The Bertz CT molecular complexity index is 280. The fraction of sp³-hybridized carbons (Fsp3) is 0.900. The van der Waals surface area contributed by atoms with E-state index in [-0.39, 0.29) is 19.4 Å². The summed E-state index contributed by atoms with van der Waals surface area (Å²) in [5.41, 5.74) is -0.951. The zero-order valence-electron chi connectivity index (χ0n) is 8.90. The maximum atomic E-state index is 11.2. The van der Waals surface area contributed by atoms with Crippen LogP contribution in [0.3, 0.4) is 0 Å². The van der Waals surface area contributed by atoms with Crippen molar-refractivity contribution in [2.24, 2.45) is 5.41 Å². The number of hydrogen-bond acceptors (Lipinski definition) is 4. The van der Waals surface area contributed by atoms with E-state index in [0.717, 1.165) is 0 Å². The molecule has 1 saturated carbocycles. The van der Waals surface area contributed by atoms with E-state index in [1.165, 1.54) is 0 Å². The highest BCUT2D eigenvalue weighted by atomic mass is 16.7. The summed E-state index contributed by atoms with van der Waals surface area (Å²) in [7, 11) is 0. The van der Waals surface area contributed by atoms with Crippen molar-refractivity contribution >= 4 is 5.97 Å². The van der Waals surface area contributed by atoms with Crippen LogP contribution in [0.1, 0.15) is 26.7 Å². The maximum absolute atomic E-state index is 11.2. The van der Waals surface area contributed by atoms with Crippen molar-refractivity contribution < 1.29 is 24.5 Å². The van der Waals surface area contributed by atoms with Crippen molar-refractivity contribution in [2.75, 3.05) is 6.61 Å². The van der Waals surface area contributed by atoms with Gasteiger partial charge in [-0.2, -0.15) is 0 Å². The molecule has 1 saturated heterocycles. The summed E-state index contributed by atoms with van der Waals surface area (Å²) in [5.74, 6) is -1.62. The van der Waals surface area contributed by atoms with Gasteiger partial charge in [-0.3, -0.25) is 4.79 Å². The van der Waals surface area contributed by atoms with Gasteiger partial charge in [0.25, 0.3) is 0 Å². The summed E-state index contributed by atoms with van der Waals surface area (Å²) in [4.78, 5) is 11.2. The van der Waals surface area contributed by atoms with E-state index in [2.05, 4.69) is 0 Å². The predicted molar refractivity (Wildman–Crippen MR) is 50.2 cm³/mol. The number of carboxylic acid groups (broad SMARTS) is 1. The molecule has 1 aliphatic carbocycles. The molecule has 2 rings (SSSR count). The van der Waals surface area contributed by atoms with E-state index in [9.17, 15) is 15.0 Å². The minimum Gasteiger partial charge on any atom is -0.481 e. The number of carboxylic acids is 1. The average molecular weight is 216 g/mol. The lowest BCUT2D eigenvalue weighted by Crippen LogP contribution is -2.55. The second kappa shape index (κ2) is 3.17. The molecule has 5 nitrogen and oxygen atoms in total. The molecule has 5 heteroatoms. The van der Waals surface area contributed by atoms with Gasteiger partial charge in [0.15, 0.2) is 5.79 Å². The summed E-state index contributed by atoms with van der Waals surface area (Å²) in [6.45, 7) is 3.81. The smallest absolute Gasteiger partial charge is 0.312 e. The number of aliphatic hydroxyl groups is 1. The quantitative estimate of drug-likeness (QED) is 0.697. The SMILES string of the molecule is CC1(C)OCC(C2(C(=O)O)CC(O)C2)O1. The highest BCUT2D eigenvalue weighted by Crippen LogP contribution is 2.48. The van der Waals surface area contributed by atoms with Crippen LogP contribution in [0.5, 0.6) is 0 Å². The number of hydrogen-bond donors (Lipinski definition) is 2. The summed E-state index contributed by atoms with van der Waals surface area (Å²) >= 11 is 0. The van der Waals surface area contributed by atoms with Gasteiger partial charge >= 0.3 is 5.97 Å². The minimum absolute atomic E-state index is 0.256. The topological polar surface area (TPSA) is 76.0 Å². The van der Waals surface area contributed by atoms with Crippen molar-refractivity contribution in [1.29, 1.82) is 0 Å². The van der Waals surface area contributed by atoms with Crippen molar-refractivity contribution in [2.45, 2.75) is 44.7 Å². The number of aliphatic carboxylic acids is 1. The number of aliphatic hydroxyl groups excluding tert-OH is 1. The lowest BCUT2D eigenvalue weighted by atomic mass is 9.63. The fourth-order valence-corrected chi connectivity index (χ4v) is 2.32. The van der Waals surface area contributed by atoms with Crippen LogP contribution >= 0.6 is 0 Å². The van der Waals surface area contributed by atoms with E-state index < -0.39 is 29.4 Å².